The molecule has 0 fully saturated rings. The molecule has 142 valence electrons. The minimum Gasteiger partial charge on any atom is -0.355 e. The van der Waals surface area contributed by atoms with Crippen molar-refractivity contribution in [2.24, 2.45) is 5.92 Å². The summed E-state index contributed by atoms with van der Waals surface area (Å²) < 4.78 is 26.4. The molecular formula is C18H31N3O3S. The number of nitrogens with zero attached hydrogens (tertiary/aromatic N) is 1. The predicted molar refractivity (Wildman–Crippen MR) is 101 cm³/mol. The Bertz CT molecular complexity index is 638. The number of benzene rings is 1. The van der Waals surface area contributed by atoms with Gasteiger partial charge < -0.3 is 10.6 Å². The van der Waals surface area contributed by atoms with Crippen LogP contribution in [-0.2, 0) is 14.8 Å². The van der Waals surface area contributed by atoms with Crippen LogP contribution < -0.4 is 10.6 Å². The second kappa shape index (κ2) is 9.89. The minimum absolute atomic E-state index is 0.0405. The first-order valence-corrected chi connectivity index (χ1v) is 10.3. The number of hydrogen-bond acceptors (Lipinski definition) is 4. The molecule has 0 aliphatic heterocycles. The van der Waals surface area contributed by atoms with E-state index in [-0.39, 0.29) is 18.5 Å². The summed E-state index contributed by atoms with van der Waals surface area (Å²) in [5, 5.41) is 6.01. The summed E-state index contributed by atoms with van der Waals surface area (Å²) in [7, 11) is -3.44. The Kier molecular flexibility index (Phi) is 8.55. The van der Waals surface area contributed by atoms with Gasteiger partial charge in [-0.2, -0.15) is 4.31 Å². The minimum atomic E-state index is -3.44. The van der Waals surface area contributed by atoms with Gasteiger partial charge in [-0.3, -0.25) is 4.79 Å². The average Bonchev–Trinajstić information content (AvgIpc) is 2.58. The fourth-order valence-electron chi connectivity index (χ4n) is 2.39. The zero-order chi connectivity index (χ0) is 19.0. The van der Waals surface area contributed by atoms with Crippen molar-refractivity contribution in [2.45, 2.75) is 45.6 Å². The van der Waals surface area contributed by atoms with E-state index in [2.05, 4.69) is 10.6 Å². The van der Waals surface area contributed by atoms with E-state index in [1.165, 1.54) is 4.31 Å². The Morgan fingerprint density at radius 1 is 1.08 bits per heavy atom. The van der Waals surface area contributed by atoms with E-state index in [1.807, 2.05) is 34.6 Å². The Labute approximate surface area is 152 Å². The topological polar surface area (TPSA) is 78.5 Å². The first kappa shape index (κ1) is 21.6. The van der Waals surface area contributed by atoms with Crippen molar-refractivity contribution in [3.63, 3.8) is 0 Å². The zero-order valence-electron chi connectivity index (χ0n) is 15.9. The van der Waals surface area contributed by atoms with E-state index in [1.54, 1.807) is 24.3 Å². The highest BCUT2D eigenvalue weighted by Gasteiger charge is 2.21. The molecule has 25 heavy (non-hydrogen) atoms. The highest BCUT2D eigenvalue weighted by molar-refractivity contribution is 7.89. The zero-order valence-corrected chi connectivity index (χ0v) is 16.7. The standard InChI is InChI=1S/C18H31N3O3S/c1-6-21(7-2)25(23,24)17-10-8-16(9-11-17)15(5)19-13-18(22)20-12-14(3)4/h8-11,14-15,19H,6-7,12-13H2,1-5H3,(H,20,22)/t15-/m0/s1. The maximum Gasteiger partial charge on any atom is 0.243 e. The van der Waals surface area contributed by atoms with Gasteiger partial charge in [0.2, 0.25) is 15.9 Å². The van der Waals surface area contributed by atoms with Crippen molar-refractivity contribution in [3.8, 4) is 0 Å². The third kappa shape index (κ3) is 6.41. The van der Waals surface area contributed by atoms with E-state index in [9.17, 15) is 13.2 Å². The normalized spacial score (nSPS) is 13.2. The summed E-state index contributed by atoms with van der Waals surface area (Å²) >= 11 is 0. The van der Waals surface area contributed by atoms with Gasteiger partial charge in [0.15, 0.2) is 0 Å². The first-order chi connectivity index (χ1) is 11.7. The summed E-state index contributed by atoms with van der Waals surface area (Å²) in [4.78, 5) is 12.0. The molecule has 0 aromatic heterocycles. The van der Waals surface area contributed by atoms with Crippen molar-refractivity contribution in [3.05, 3.63) is 29.8 Å². The van der Waals surface area contributed by atoms with Gasteiger partial charge >= 0.3 is 0 Å². The smallest absolute Gasteiger partial charge is 0.243 e. The van der Waals surface area contributed by atoms with Crippen LogP contribution >= 0.6 is 0 Å². The lowest BCUT2D eigenvalue weighted by atomic mass is 10.1. The van der Waals surface area contributed by atoms with Gasteiger partial charge in [0.25, 0.3) is 0 Å². The summed E-state index contributed by atoms with van der Waals surface area (Å²) in [6, 6.07) is 6.79. The molecule has 0 bridgehead atoms. The fraction of sp³-hybridized carbons (Fsp3) is 0.611. The Hall–Kier alpha value is -1.44. The van der Waals surface area contributed by atoms with Crippen LogP contribution in [0, 0.1) is 5.92 Å². The molecule has 0 radical (unpaired) electrons. The van der Waals surface area contributed by atoms with Gasteiger partial charge in [-0.1, -0.05) is 39.8 Å². The second-order valence-corrected chi connectivity index (χ2v) is 8.40. The van der Waals surface area contributed by atoms with Crippen LogP contribution in [0.25, 0.3) is 0 Å². The van der Waals surface area contributed by atoms with Gasteiger partial charge in [0.1, 0.15) is 0 Å². The van der Waals surface area contributed by atoms with Crippen molar-refractivity contribution in [1.29, 1.82) is 0 Å². The monoisotopic (exact) mass is 369 g/mol. The van der Waals surface area contributed by atoms with E-state index in [4.69, 9.17) is 0 Å². The average molecular weight is 370 g/mol. The lowest BCUT2D eigenvalue weighted by molar-refractivity contribution is -0.120. The number of carbonyl (C=O) groups excluding carboxylic acids is 1. The predicted octanol–water partition coefficient (Wildman–Crippen LogP) is 2.14. The van der Waals surface area contributed by atoms with Gasteiger partial charge in [-0.05, 0) is 30.5 Å². The first-order valence-electron chi connectivity index (χ1n) is 8.82. The number of amides is 1. The molecule has 6 nitrogen and oxygen atoms in total. The molecule has 0 aliphatic carbocycles. The Morgan fingerprint density at radius 2 is 1.64 bits per heavy atom. The summed E-state index contributed by atoms with van der Waals surface area (Å²) in [5.41, 5.74) is 0.940. The molecule has 7 heteroatoms. The number of rotatable bonds is 10. The largest absolute Gasteiger partial charge is 0.355 e. The SMILES string of the molecule is CCN(CC)S(=O)(=O)c1ccc([C@H](C)NCC(=O)NCC(C)C)cc1. The second-order valence-electron chi connectivity index (χ2n) is 6.46. The third-order valence-electron chi connectivity index (χ3n) is 4.00. The number of nitrogens with one attached hydrogen (secondary N) is 2. The summed E-state index contributed by atoms with van der Waals surface area (Å²) in [6.45, 7) is 11.5. The molecule has 1 aromatic carbocycles. The van der Waals surface area contributed by atoms with E-state index in [0.717, 1.165) is 5.56 Å². The van der Waals surface area contributed by atoms with E-state index < -0.39 is 10.0 Å². The highest BCUT2D eigenvalue weighted by atomic mass is 32.2. The maximum atomic E-state index is 12.5. The molecule has 0 heterocycles. The quantitative estimate of drug-likeness (QED) is 0.662. The third-order valence-corrected chi connectivity index (χ3v) is 6.06. The number of sulfonamides is 1. The molecule has 1 aromatic rings. The van der Waals surface area contributed by atoms with Crippen LogP contribution in [0.5, 0.6) is 0 Å². The van der Waals surface area contributed by atoms with Crippen LogP contribution in [0.15, 0.2) is 29.2 Å². The van der Waals surface area contributed by atoms with Gasteiger partial charge in [-0.15, -0.1) is 0 Å². The highest BCUT2D eigenvalue weighted by Crippen LogP contribution is 2.19. The molecule has 0 aliphatic rings. The van der Waals surface area contributed by atoms with E-state index in [0.29, 0.717) is 30.4 Å². The lowest BCUT2D eigenvalue weighted by Gasteiger charge is -2.19. The van der Waals surface area contributed by atoms with E-state index >= 15 is 0 Å². The molecule has 1 rings (SSSR count). The molecule has 0 spiro atoms. The van der Waals surface area contributed by atoms with Crippen LogP contribution in [0.3, 0.4) is 0 Å². The molecule has 1 atom stereocenters. The Morgan fingerprint density at radius 3 is 2.12 bits per heavy atom. The molecule has 2 N–H and O–H groups in total. The van der Waals surface area contributed by atoms with Crippen molar-refractivity contribution < 1.29 is 13.2 Å². The fourth-order valence-corrected chi connectivity index (χ4v) is 3.84. The van der Waals surface area contributed by atoms with Crippen LogP contribution in [0.1, 0.15) is 46.2 Å². The van der Waals surface area contributed by atoms with Crippen molar-refractivity contribution in [2.75, 3.05) is 26.2 Å². The number of hydrogen-bond donors (Lipinski definition) is 2. The van der Waals surface area contributed by atoms with Crippen LogP contribution in [-0.4, -0.2) is 44.8 Å². The molecule has 0 saturated heterocycles. The van der Waals surface area contributed by atoms with Crippen molar-refractivity contribution >= 4 is 15.9 Å². The van der Waals surface area contributed by atoms with Gasteiger partial charge in [-0.25, -0.2) is 8.42 Å². The van der Waals surface area contributed by atoms with Crippen LogP contribution in [0.2, 0.25) is 0 Å². The molecular weight excluding hydrogens is 338 g/mol. The molecule has 0 saturated carbocycles. The Balaban J connectivity index is 2.68. The van der Waals surface area contributed by atoms with Crippen molar-refractivity contribution in [1.82, 2.24) is 14.9 Å². The number of carbonyl (C=O) groups is 1. The summed E-state index contributed by atoms with van der Waals surface area (Å²) in [5.74, 6) is 0.378. The van der Waals surface area contributed by atoms with Gasteiger partial charge in [0, 0.05) is 25.7 Å². The maximum absolute atomic E-state index is 12.5. The summed E-state index contributed by atoms with van der Waals surface area (Å²) in [6.07, 6.45) is 0. The lowest BCUT2D eigenvalue weighted by Crippen LogP contribution is -2.36. The molecule has 0 unspecified atom stereocenters. The molecule has 1 amide bonds. The van der Waals surface area contributed by atoms with Gasteiger partial charge in [0.05, 0.1) is 11.4 Å². The van der Waals surface area contributed by atoms with Crippen LogP contribution in [0.4, 0.5) is 0 Å².